The lowest BCUT2D eigenvalue weighted by Crippen LogP contribution is -2.54. The number of Topliss-reactive ketones (excluding diaryl/α,β-unsaturated/α-hetero) is 3. The minimum atomic E-state index is -0.661. The number of benzene rings is 1. The van der Waals surface area contributed by atoms with Gasteiger partial charge in [-0.3, -0.25) is 28.8 Å². The number of hydrogen-bond donors (Lipinski definition) is 0. The highest BCUT2D eigenvalue weighted by Crippen LogP contribution is 2.44. The van der Waals surface area contributed by atoms with Crippen molar-refractivity contribution in [2.45, 2.75) is 149 Å². The van der Waals surface area contributed by atoms with Crippen molar-refractivity contribution in [2.24, 2.45) is 40.6 Å². The third-order valence-corrected chi connectivity index (χ3v) is 14.7. The van der Waals surface area contributed by atoms with E-state index in [1.165, 1.54) is 6.92 Å². The molecule has 2 aliphatic heterocycles. The summed E-state index contributed by atoms with van der Waals surface area (Å²) in [5.41, 5.74) is 9.37. The standard InChI is InChI=1S/C50H78N6O10/c1-10-33(4)47(44(63-8)31-46(61)55-22-14-17-41(55)49(64-9)34(5)42(58)29-38(35(6)57)27-36-15-12-11-13-16-36)54(7)50(62)40(32(2)3)30-43(59)48-37-18-19-39(28-37)56(48)45(60)20-23-65-25-26-66-24-21-52-53-51/h11-13,15-16,32-34,37-41,44,47-49H,10,14,17-31H2,1-9H3/t33-,34-,37-,38+,39+,40-,41-,44+,47-,48-,49+/m0/s1. The predicted molar refractivity (Wildman–Crippen MR) is 250 cm³/mol. The number of carbonyl (C=O) groups is 6. The first-order valence-electron chi connectivity index (χ1n) is 24.3. The van der Waals surface area contributed by atoms with Gasteiger partial charge in [0.2, 0.25) is 17.7 Å². The molecule has 2 saturated heterocycles. The summed E-state index contributed by atoms with van der Waals surface area (Å²) in [4.78, 5) is 91.5. The van der Waals surface area contributed by atoms with Crippen molar-refractivity contribution in [1.29, 1.82) is 0 Å². The summed E-state index contributed by atoms with van der Waals surface area (Å²) in [6.07, 6.45) is 4.06. The Kier molecular flexibility index (Phi) is 22.2. The molecular formula is C50H78N6O10. The lowest BCUT2D eigenvalue weighted by molar-refractivity contribution is -0.150. The highest BCUT2D eigenvalue weighted by Gasteiger charge is 2.51. The number of rotatable bonds is 30. The molecule has 4 rings (SSSR count). The minimum Gasteiger partial charge on any atom is -0.379 e. The molecule has 0 aromatic heterocycles. The number of likely N-dealkylation sites (N-methyl/N-ethyl adjacent to an activating group) is 1. The fraction of sp³-hybridized carbons (Fsp3) is 0.760. The second kappa shape index (κ2) is 27.0. The second-order valence-electron chi connectivity index (χ2n) is 19.2. The van der Waals surface area contributed by atoms with Crippen molar-refractivity contribution in [1.82, 2.24) is 14.7 Å². The van der Waals surface area contributed by atoms with Gasteiger partial charge >= 0.3 is 0 Å². The molecule has 16 heteroatoms. The number of nitrogens with zero attached hydrogens (tertiary/aromatic N) is 6. The van der Waals surface area contributed by atoms with Crippen molar-refractivity contribution in [3.63, 3.8) is 0 Å². The monoisotopic (exact) mass is 923 g/mol. The first-order valence-corrected chi connectivity index (χ1v) is 24.3. The number of likely N-dealkylation sites (tertiary alicyclic amines) is 2. The van der Waals surface area contributed by atoms with E-state index in [9.17, 15) is 28.8 Å². The molecule has 66 heavy (non-hydrogen) atoms. The normalized spacial score (nSPS) is 22.3. The molecule has 368 valence electrons. The van der Waals surface area contributed by atoms with E-state index in [0.717, 1.165) is 31.2 Å². The van der Waals surface area contributed by atoms with E-state index >= 15 is 0 Å². The van der Waals surface area contributed by atoms with Crippen LogP contribution in [0.5, 0.6) is 0 Å². The van der Waals surface area contributed by atoms with Gasteiger partial charge in [0, 0.05) is 75.9 Å². The van der Waals surface area contributed by atoms with E-state index in [1.807, 2.05) is 65.0 Å². The van der Waals surface area contributed by atoms with Gasteiger partial charge in [-0.1, -0.05) is 76.5 Å². The van der Waals surface area contributed by atoms with Gasteiger partial charge in [0.25, 0.3) is 0 Å². The Morgan fingerprint density at radius 2 is 1.59 bits per heavy atom. The molecule has 11 atom stereocenters. The highest BCUT2D eigenvalue weighted by molar-refractivity contribution is 5.94. The Morgan fingerprint density at radius 1 is 0.894 bits per heavy atom. The van der Waals surface area contributed by atoms with Gasteiger partial charge in [-0.2, -0.15) is 0 Å². The number of carbonyl (C=O) groups excluding carboxylic acids is 6. The third kappa shape index (κ3) is 14.4. The summed E-state index contributed by atoms with van der Waals surface area (Å²) in [5, 5.41) is 3.42. The molecule has 3 fully saturated rings. The van der Waals surface area contributed by atoms with Crippen LogP contribution in [0.2, 0.25) is 0 Å². The molecule has 3 aliphatic rings. The number of ether oxygens (including phenoxy) is 4. The van der Waals surface area contributed by atoms with Crippen LogP contribution in [0.3, 0.4) is 0 Å². The maximum absolute atomic E-state index is 14.7. The Bertz CT molecular complexity index is 1810. The summed E-state index contributed by atoms with van der Waals surface area (Å²) in [7, 11) is 4.87. The van der Waals surface area contributed by atoms with E-state index in [1.54, 1.807) is 36.0 Å². The number of piperidine rings is 1. The molecule has 16 nitrogen and oxygen atoms in total. The minimum absolute atomic E-state index is 0.00349. The Labute approximate surface area is 392 Å². The fourth-order valence-electron chi connectivity index (χ4n) is 10.8. The first-order chi connectivity index (χ1) is 31.6. The summed E-state index contributed by atoms with van der Waals surface area (Å²) in [6, 6.07) is 8.24. The molecule has 0 spiro atoms. The van der Waals surface area contributed by atoms with Crippen LogP contribution < -0.4 is 0 Å². The van der Waals surface area contributed by atoms with Gasteiger partial charge in [0.15, 0.2) is 5.78 Å². The van der Waals surface area contributed by atoms with E-state index < -0.39 is 42.0 Å². The number of hydrogen-bond acceptors (Lipinski definition) is 11. The van der Waals surface area contributed by atoms with Gasteiger partial charge in [-0.15, -0.1) is 0 Å². The van der Waals surface area contributed by atoms with Crippen LogP contribution in [-0.2, 0) is 54.1 Å². The number of amides is 3. The Hall–Kier alpha value is -4.21. The largest absolute Gasteiger partial charge is 0.379 e. The van der Waals surface area contributed by atoms with E-state index in [2.05, 4.69) is 10.0 Å². The highest BCUT2D eigenvalue weighted by atomic mass is 16.5. The number of fused-ring (bicyclic) bond motifs is 2. The first kappa shape index (κ1) is 54.4. The summed E-state index contributed by atoms with van der Waals surface area (Å²) >= 11 is 0. The van der Waals surface area contributed by atoms with E-state index in [4.69, 9.17) is 24.5 Å². The van der Waals surface area contributed by atoms with Crippen molar-refractivity contribution in [3.8, 4) is 0 Å². The maximum Gasteiger partial charge on any atom is 0.226 e. The van der Waals surface area contributed by atoms with E-state index in [0.29, 0.717) is 32.4 Å². The van der Waals surface area contributed by atoms with Crippen molar-refractivity contribution in [3.05, 3.63) is 46.3 Å². The maximum atomic E-state index is 14.7. The van der Waals surface area contributed by atoms with Crippen LogP contribution >= 0.6 is 0 Å². The van der Waals surface area contributed by atoms with Gasteiger partial charge in [0.1, 0.15) is 11.6 Å². The molecule has 1 aliphatic carbocycles. The number of azide groups is 1. The van der Waals surface area contributed by atoms with Gasteiger partial charge in [0.05, 0.1) is 69.6 Å². The van der Waals surface area contributed by atoms with Crippen LogP contribution in [0, 0.1) is 35.5 Å². The molecule has 0 N–H and O–H groups in total. The lowest BCUT2D eigenvalue weighted by atomic mass is 9.83. The number of methoxy groups -OCH3 is 2. The second-order valence-corrected chi connectivity index (χ2v) is 19.2. The van der Waals surface area contributed by atoms with Crippen molar-refractivity contribution < 1.29 is 47.7 Å². The van der Waals surface area contributed by atoms with Crippen LogP contribution in [0.1, 0.15) is 111 Å². The molecule has 1 aromatic carbocycles. The molecule has 0 unspecified atom stereocenters. The predicted octanol–water partition coefficient (Wildman–Crippen LogP) is 6.66. The van der Waals surface area contributed by atoms with E-state index in [-0.39, 0.29) is 117 Å². The van der Waals surface area contributed by atoms with Crippen LogP contribution in [-0.4, -0.2) is 147 Å². The molecular weight excluding hydrogens is 845 g/mol. The Morgan fingerprint density at radius 3 is 2.21 bits per heavy atom. The zero-order chi connectivity index (χ0) is 48.5. The van der Waals surface area contributed by atoms with Crippen LogP contribution in [0.25, 0.3) is 10.4 Å². The molecule has 0 radical (unpaired) electrons. The van der Waals surface area contributed by atoms with Gasteiger partial charge in [-0.05, 0) is 74.3 Å². The Balaban J connectivity index is 1.42. The van der Waals surface area contributed by atoms with Crippen molar-refractivity contribution >= 4 is 35.1 Å². The third-order valence-electron chi connectivity index (χ3n) is 14.7. The molecule has 2 heterocycles. The summed E-state index contributed by atoms with van der Waals surface area (Å²) in [6.45, 7) is 13.1. The van der Waals surface area contributed by atoms with Crippen LogP contribution in [0.15, 0.2) is 35.4 Å². The summed E-state index contributed by atoms with van der Waals surface area (Å²) in [5.74, 6) is -2.55. The number of ketones is 3. The molecule has 2 bridgehead atoms. The average Bonchev–Trinajstić information content (AvgIpc) is 4.08. The SMILES string of the molecule is CC[C@H](C)[C@@H]([C@@H](CC(=O)N1CCC[C@H]1[C@H](OC)[C@@H](C)C(=O)C[C@@H](Cc1ccccc1)C(C)=O)OC)N(C)C(=O)[C@@H](CC(=O)[C@@H]1[C@H]2CC[C@H](C2)N1C(=O)CCOCCOCCN=[N+]=[N-])C(C)C. The average molecular weight is 923 g/mol. The zero-order valence-electron chi connectivity index (χ0n) is 41.1. The molecule has 3 amide bonds. The smallest absolute Gasteiger partial charge is 0.226 e. The molecule has 1 saturated carbocycles. The van der Waals surface area contributed by atoms with Gasteiger partial charge < -0.3 is 33.6 Å². The van der Waals surface area contributed by atoms with Crippen LogP contribution in [0.4, 0.5) is 0 Å². The molecule has 1 aromatic rings. The summed E-state index contributed by atoms with van der Waals surface area (Å²) < 4.78 is 23.1. The quantitative estimate of drug-likeness (QED) is 0.0348. The van der Waals surface area contributed by atoms with Crippen molar-refractivity contribution in [2.75, 3.05) is 60.8 Å². The lowest BCUT2D eigenvalue weighted by Gasteiger charge is -2.41. The topological polar surface area (TPSA) is 198 Å². The zero-order valence-corrected chi connectivity index (χ0v) is 41.1. The van der Waals surface area contributed by atoms with Gasteiger partial charge in [-0.25, -0.2) is 0 Å². The fourth-order valence-corrected chi connectivity index (χ4v) is 10.8.